The van der Waals surface area contributed by atoms with Gasteiger partial charge in [0.2, 0.25) is 5.91 Å². The van der Waals surface area contributed by atoms with Crippen LogP contribution in [0.2, 0.25) is 0 Å². The maximum atomic E-state index is 12.6. The Kier molecular flexibility index (Phi) is 5.13. The highest BCUT2D eigenvalue weighted by atomic mass is 16.5. The van der Waals surface area contributed by atoms with E-state index < -0.39 is 0 Å². The van der Waals surface area contributed by atoms with Crippen LogP contribution in [0.4, 0.5) is 0 Å². The zero-order valence-electron chi connectivity index (χ0n) is 14.2. The van der Waals surface area contributed by atoms with E-state index in [2.05, 4.69) is 24.0 Å². The third kappa shape index (κ3) is 3.42. The zero-order chi connectivity index (χ0) is 16.9. The van der Waals surface area contributed by atoms with Crippen LogP contribution in [-0.4, -0.2) is 27.5 Å². The molecule has 3 heterocycles. The van der Waals surface area contributed by atoms with Crippen molar-refractivity contribution in [3.63, 3.8) is 0 Å². The van der Waals surface area contributed by atoms with Crippen molar-refractivity contribution in [3.05, 3.63) is 41.5 Å². The van der Waals surface area contributed by atoms with Crippen LogP contribution in [0.1, 0.15) is 43.7 Å². The summed E-state index contributed by atoms with van der Waals surface area (Å²) in [5, 5.41) is 4.13. The summed E-state index contributed by atoms with van der Waals surface area (Å²) in [4.78, 5) is 18.6. The molecule has 1 aliphatic rings. The van der Waals surface area contributed by atoms with Gasteiger partial charge >= 0.3 is 0 Å². The molecule has 0 aromatic carbocycles. The van der Waals surface area contributed by atoms with Crippen LogP contribution >= 0.6 is 0 Å². The van der Waals surface area contributed by atoms with Crippen LogP contribution in [0.15, 0.2) is 29.0 Å². The molecule has 3 rings (SSSR count). The van der Waals surface area contributed by atoms with Crippen molar-refractivity contribution in [2.24, 2.45) is 5.92 Å². The van der Waals surface area contributed by atoms with Crippen LogP contribution < -0.4 is 4.74 Å². The van der Waals surface area contributed by atoms with E-state index in [0.29, 0.717) is 31.9 Å². The molecule has 0 radical (unpaired) electrons. The average molecular weight is 329 g/mol. The molecule has 0 saturated heterocycles. The first-order valence-corrected chi connectivity index (χ1v) is 8.50. The number of amides is 1. The topological polar surface area (TPSA) is 68.5 Å². The number of carbonyl (C=O) groups excluding carboxylic acids is 1. The third-order valence-electron chi connectivity index (χ3n) is 4.57. The second-order valence-electron chi connectivity index (χ2n) is 6.03. The molecule has 0 unspecified atom stereocenters. The van der Waals surface area contributed by atoms with Crippen molar-refractivity contribution in [3.8, 4) is 5.75 Å². The standard InChI is InChI=1S/C18H23N3O3/c1-3-13(4-2)18(22)21-9-7-17-15(11-21)16(20-24-17)12-23-14-6-5-8-19-10-14/h5-6,8,10,13H,3-4,7,9,11-12H2,1-2H3. The minimum atomic E-state index is 0.0986. The molecule has 6 nitrogen and oxygen atoms in total. The molecule has 24 heavy (non-hydrogen) atoms. The second kappa shape index (κ2) is 7.47. The summed E-state index contributed by atoms with van der Waals surface area (Å²) in [6.45, 7) is 5.69. The van der Waals surface area contributed by atoms with Gasteiger partial charge in [-0.15, -0.1) is 0 Å². The highest BCUT2D eigenvalue weighted by molar-refractivity contribution is 5.79. The first-order chi connectivity index (χ1) is 11.7. The van der Waals surface area contributed by atoms with Gasteiger partial charge in [0, 0.05) is 30.6 Å². The number of nitrogens with zero attached hydrogens (tertiary/aromatic N) is 3. The highest BCUT2D eigenvalue weighted by Gasteiger charge is 2.29. The predicted octanol–water partition coefficient (Wildman–Crippen LogP) is 2.97. The summed E-state index contributed by atoms with van der Waals surface area (Å²) in [5.41, 5.74) is 1.75. The molecule has 1 amide bonds. The number of hydrogen-bond donors (Lipinski definition) is 0. The van der Waals surface area contributed by atoms with E-state index in [4.69, 9.17) is 9.26 Å². The largest absolute Gasteiger partial charge is 0.486 e. The lowest BCUT2D eigenvalue weighted by molar-refractivity contribution is -0.136. The van der Waals surface area contributed by atoms with Crippen molar-refractivity contribution in [2.75, 3.05) is 6.54 Å². The predicted molar refractivity (Wildman–Crippen MR) is 88.3 cm³/mol. The Hall–Kier alpha value is -2.37. The number of rotatable bonds is 6. The number of aromatic nitrogens is 2. The minimum absolute atomic E-state index is 0.0986. The van der Waals surface area contributed by atoms with E-state index in [1.165, 1.54) is 0 Å². The van der Waals surface area contributed by atoms with Gasteiger partial charge in [0.25, 0.3) is 0 Å². The summed E-state index contributed by atoms with van der Waals surface area (Å²) in [7, 11) is 0. The Labute approximate surface area is 141 Å². The van der Waals surface area contributed by atoms with Crippen molar-refractivity contribution in [2.45, 2.75) is 46.3 Å². The van der Waals surface area contributed by atoms with Crippen molar-refractivity contribution in [1.29, 1.82) is 0 Å². The summed E-state index contributed by atoms with van der Waals surface area (Å²) in [6.07, 6.45) is 5.82. The molecular formula is C18H23N3O3. The van der Waals surface area contributed by atoms with Crippen molar-refractivity contribution >= 4 is 5.91 Å². The van der Waals surface area contributed by atoms with E-state index in [9.17, 15) is 4.79 Å². The lowest BCUT2D eigenvalue weighted by atomic mass is 9.99. The van der Waals surface area contributed by atoms with Gasteiger partial charge < -0.3 is 14.2 Å². The maximum Gasteiger partial charge on any atom is 0.225 e. The fourth-order valence-electron chi connectivity index (χ4n) is 3.05. The van der Waals surface area contributed by atoms with E-state index in [0.717, 1.165) is 29.9 Å². The van der Waals surface area contributed by atoms with Crippen LogP contribution in [0.25, 0.3) is 0 Å². The van der Waals surface area contributed by atoms with Gasteiger partial charge in [-0.2, -0.15) is 0 Å². The molecule has 6 heteroatoms. The molecule has 0 spiro atoms. The lowest BCUT2D eigenvalue weighted by Gasteiger charge is -2.29. The normalized spacial score (nSPS) is 13.9. The van der Waals surface area contributed by atoms with Crippen LogP contribution in [0.5, 0.6) is 5.75 Å². The highest BCUT2D eigenvalue weighted by Crippen LogP contribution is 2.25. The SMILES string of the molecule is CCC(CC)C(=O)N1CCc2onc(COc3cccnc3)c2C1. The van der Waals surface area contributed by atoms with Gasteiger partial charge in [-0.05, 0) is 25.0 Å². The summed E-state index contributed by atoms with van der Waals surface area (Å²) < 4.78 is 11.1. The Morgan fingerprint density at radius 3 is 2.96 bits per heavy atom. The van der Waals surface area contributed by atoms with Crippen LogP contribution in [0.3, 0.4) is 0 Å². The minimum Gasteiger partial charge on any atom is -0.486 e. The first kappa shape index (κ1) is 16.5. The quantitative estimate of drug-likeness (QED) is 0.815. The van der Waals surface area contributed by atoms with Gasteiger partial charge in [-0.1, -0.05) is 19.0 Å². The molecule has 2 aromatic rings. The van der Waals surface area contributed by atoms with Crippen LogP contribution in [0, 0.1) is 5.92 Å². The fourth-order valence-corrected chi connectivity index (χ4v) is 3.05. The Bertz CT molecular complexity index is 680. The number of pyridine rings is 1. The molecule has 0 atom stereocenters. The molecule has 128 valence electrons. The average Bonchev–Trinajstić information content (AvgIpc) is 3.04. The van der Waals surface area contributed by atoms with Gasteiger partial charge in [0.15, 0.2) is 0 Å². The third-order valence-corrected chi connectivity index (χ3v) is 4.57. The maximum absolute atomic E-state index is 12.6. The lowest BCUT2D eigenvalue weighted by Crippen LogP contribution is -2.39. The summed E-state index contributed by atoms with van der Waals surface area (Å²) in [5.74, 6) is 1.89. The zero-order valence-corrected chi connectivity index (χ0v) is 14.2. The number of carbonyl (C=O) groups is 1. The first-order valence-electron chi connectivity index (χ1n) is 8.50. The van der Waals surface area contributed by atoms with Crippen LogP contribution in [-0.2, 0) is 24.4 Å². The molecule has 0 bridgehead atoms. The van der Waals surface area contributed by atoms with Crippen molar-refractivity contribution < 1.29 is 14.1 Å². The molecule has 0 fully saturated rings. The number of ether oxygens (including phenoxy) is 1. The Morgan fingerprint density at radius 2 is 2.25 bits per heavy atom. The number of hydrogen-bond acceptors (Lipinski definition) is 5. The van der Waals surface area contributed by atoms with E-state index in [-0.39, 0.29) is 11.8 Å². The molecule has 1 aliphatic heterocycles. The Balaban J connectivity index is 1.69. The smallest absolute Gasteiger partial charge is 0.225 e. The second-order valence-corrected chi connectivity index (χ2v) is 6.03. The van der Waals surface area contributed by atoms with Gasteiger partial charge in [0.05, 0.1) is 12.7 Å². The Morgan fingerprint density at radius 1 is 1.42 bits per heavy atom. The summed E-state index contributed by atoms with van der Waals surface area (Å²) in [6, 6.07) is 3.67. The fraction of sp³-hybridized carbons (Fsp3) is 0.500. The van der Waals surface area contributed by atoms with Gasteiger partial charge in [0.1, 0.15) is 23.8 Å². The van der Waals surface area contributed by atoms with Crippen molar-refractivity contribution in [1.82, 2.24) is 15.0 Å². The molecular weight excluding hydrogens is 306 g/mol. The van der Waals surface area contributed by atoms with Gasteiger partial charge in [-0.25, -0.2) is 0 Å². The summed E-state index contributed by atoms with van der Waals surface area (Å²) >= 11 is 0. The van der Waals surface area contributed by atoms with Gasteiger partial charge in [-0.3, -0.25) is 9.78 Å². The molecule has 0 N–H and O–H groups in total. The van der Waals surface area contributed by atoms with E-state index in [1.54, 1.807) is 12.4 Å². The van der Waals surface area contributed by atoms with E-state index in [1.807, 2.05) is 17.0 Å². The molecule has 2 aromatic heterocycles. The van der Waals surface area contributed by atoms with E-state index >= 15 is 0 Å². The molecule has 0 saturated carbocycles. The monoisotopic (exact) mass is 329 g/mol. The molecule has 0 aliphatic carbocycles. The number of fused-ring (bicyclic) bond motifs is 1.